The molecule has 0 unspecified atom stereocenters. The van der Waals surface area contributed by atoms with Crippen molar-refractivity contribution in [3.05, 3.63) is 0 Å². The van der Waals surface area contributed by atoms with E-state index in [0.29, 0.717) is 5.84 Å². The Bertz CT molecular complexity index is 70.6. The van der Waals surface area contributed by atoms with Crippen molar-refractivity contribution in [2.75, 3.05) is 7.11 Å². The molecule has 0 aromatic carbocycles. The van der Waals surface area contributed by atoms with Crippen molar-refractivity contribution < 1.29 is 4.84 Å². The Morgan fingerprint density at radius 2 is 2.43 bits per heavy atom. The van der Waals surface area contributed by atoms with Crippen LogP contribution >= 0.6 is 0 Å². The van der Waals surface area contributed by atoms with E-state index < -0.39 is 0 Å². The van der Waals surface area contributed by atoms with Gasteiger partial charge in [0, 0.05) is 0 Å². The van der Waals surface area contributed by atoms with E-state index in [0.717, 1.165) is 0 Å². The number of hydroxylamine groups is 1. The second-order valence-electron chi connectivity index (χ2n) is 1.02. The minimum absolute atomic E-state index is 0.558. The van der Waals surface area contributed by atoms with Gasteiger partial charge in [-0.05, 0) is 6.92 Å². The molecule has 0 radical (unpaired) electrons. The van der Waals surface area contributed by atoms with Gasteiger partial charge in [-0.25, -0.2) is 0 Å². The third kappa shape index (κ3) is 3.05. The van der Waals surface area contributed by atoms with Crippen molar-refractivity contribution in [3.63, 3.8) is 0 Å². The van der Waals surface area contributed by atoms with Gasteiger partial charge in [0.1, 0.15) is 5.84 Å². The SMILES string of the molecule is CON/C(C)=N\N. The van der Waals surface area contributed by atoms with Gasteiger partial charge in [-0.15, -0.1) is 0 Å². The van der Waals surface area contributed by atoms with Gasteiger partial charge < -0.3 is 5.84 Å². The summed E-state index contributed by atoms with van der Waals surface area (Å²) in [4.78, 5) is 4.43. The number of hydrazone groups is 1. The molecule has 0 aromatic heterocycles. The quantitative estimate of drug-likeness (QED) is 0.202. The molecule has 3 N–H and O–H groups in total. The topological polar surface area (TPSA) is 59.6 Å². The summed E-state index contributed by atoms with van der Waals surface area (Å²) >= 11 is 0. The molecule has 0 aliphatic heterocycles. The van der Waals surface area contributed by atoms with Crippen LogP contribution in [0.3, 0.4) is 0 Å². The first-order chi connectivity index (χ1) is 3.31. The van der Waals surface area contributed by atoms with E-state index in [4.69, 9.17) is 5.84 Å². The first-order valence-corrected chi connectivity index (χ1v) is 1.84. The number of rotatable bonds is 1. The summed E-state index contributed by atoms with van der Waals surface area (Å²) in [7, 11) is 1.49. The third-order valence-electron chi connectivity index (χ3n) is 0.443. The second-order valence-corrected chi connectivity index (χ2v) is 1.02. The Morgan fingerprint density at radius 1 is 1.86 bits per heavy atom. The predicted octanol–water partition coefficient (Wildman–Crippen LogP) is -0.571. The van der Waals surface area contributed by atoms with Crippen molar-refractivity contribution in [3.8, 4) is 0 Å². The molecule has 0 aliphatic rings. The van der Waals surface area contributed by atoms with E-state index >= 15 is 0 Å². The fourth-order valence-electron chi connectivity index (χ4n) is 0.174. The predicted molar refractivity (Wildman–Crippen MR) is 27.4 cm³/mol. The van der Waals surface area contributed by atoms with Crippen LogP contribution in [-0.4, -0.2) is 12.9 Å². The zero-order valence-corrected chi connectivity index (χ0v) is 4.43. The number of nitrogens with two attached hydrogens (primary N) is 1. The lowest BCUT2D eigenvalue weighted by atomic mass is 10.7. The molecule has 0 rings (SSSR count). The van der Waals surface area contributed by atoms with Crippen LogP contribution in [0, 0.1) is 0 Å². The van der Waals surface area contributed by atoms with Gasteiger partial charge in [-0.2, -0.15) is 5.10 Å². The molecule has 0 fully saturated rings. The molecule has 0 amide bonds. The van der Waals surface area contributed by atoms with Gasteiger partial charge >= 0.3 is 0 Å². The van der Waals surface area contributed by atoms with Crippen LogP contribution in [0.5, 0.6) is 0 Å². The van der Waals surface area contributed by atoms with Gasteiger partial charge in [-0.3, -0.25) is 10.3 Å². The molecule has 42 valence electrons. The van der Waals surface area contributed by atoms with Crippen LogP contribution in [0.15, 0.2) is 5.10 Å². The zero-order chi connectivity index (χ0) is 5.70. The Labute approximate surface area is 42.3 Å². The fourth-order valence-corrected chi connectivity index (χ4v) is 0.174. The molecule has 4 heteroatoms. The van der Waals surface area contributed by atoms with E-state index in [1.165, 1.54) is 7.11 Å². The zero-order valence-electron chi connectivity index (χ0n) is 4.43. The molecule has 0 saturated heterocycles. The Hall–Kier alpha value is -0.770. The average Bonchev–Trinajstić information content (AvgIpc) is 1.68. The fraction of sp³-hybridized carbons (Fsp3) is 0.667. The molecule has 0 atom stereocenters. The lowest BCUT2D eigenvalue weighted by molar-refractivity contribution is 0.144. The third-order valence-corrected chi connectivity index (χ3v) is 0.443. The Morgan fingerprint density at radius 3 is 2.57 bits per heavy atom. The molecule has 7 heavy (non-hydrogen) atoms. The van der Waals surface area contributed by atoms with Crippen molar-refractivity contribution in [2.24, 2.45) is 10.9 Å². The summed E-state index contributed by atoms with van der Waals surface area (Å²) in [5.74, 6) is 5.36. The maximum atomic E-state index is 4.80. The van der Waals surface area contributed by atoms with Gasteiger partial charge in [-0.1, -0.05) is 0 Å². The van der Waals surface area contributed by atoms with Crippen LogP contribution in [0.2, 0.25) is 0 Å². The molecule has 0 saturated carbocycles. The maximum absolute atomic E-state index is 4.80. The summed E-state index contributed by atoms with van der Waals surface area (Å²) < 4.78 is 0. The lowest BCUT2D eigenvalue weighted by Gasteiger charge is -1.96. The Kier molecular flexibility index (Phi) is 3.04. The highest BCUT2D eigenvalue weighted by Gasteiger charge is 1.78. The standard InChI is InChI=1S/C3H9N3O/c1-3(5-4)6-7-2/h4H2,1-2H3,(H,5,6). The molecule has 0 aliphatic carbocycles. The summed E-state index contributed by atoms with van der Waals surface area (Å²) in [5, 5.41) is 3.26. The Balaban J connectivity index is 3.17. The smallest absolute Gasteiger partial charge is 0.142 e. The highest BCUT2D eigenvalue weighted by atomic mass is 16.6. The van der Waals surface area contributed by atoms with Crippen molar-refractivity contribution >= 4 is 5.84 Å². The summed E-state index contributed by atoms with van der Waals surface area (Å²) in [5.41, 5.74) is 2.42. The van der Waals surface area contributed by atoms with Crippen molar-refractivity contribution in [2.45, 2.75) is 6.92 Å². The second kappa shape index (κ2) is 3.42. The van der Waals surface area contributed by atoms with Crippen LogP contribution in [0.1, 0.15) is 6.92 Å². The largest absolute Gasteiger partial charge is 0.322 e. The van der Waals surface area contributed by atoms with Crippen LogP contribution in [0.25, 0.3) is 0 Å². The van der Waals surface area contributed by atoms with Crippen LogP contribution in [-0.2, 0) is 4.84 Å². The molecule has 4 nitrogen and oxygen atoms in total. The highest BCUT2D eigenvalue weighted by Crippen LogP contribution is 1.60. The first-order valence-electron chi connectivity index (χ1n) is 1.84. The monoisotopic (exact) mass is 103 g/mol. The van der Waals surface area contributed by atoms with Crippen LogP contribution < -0.4 is 11.3 Å². The lowest BCUT2D eigenvalue weighted by Crippen LogP contribution is -2.19. The number of amidine groups is 1. The molecular formula is C3H9N3O. The molecular weight excluding hydrogens is 94.1 g/mol. The van der Waals surface area contributed by atoms with Crippen molar-refractivity contribution in [1.29, 1.82) is 0 Å². The maximum Gasteiger partial charge on any atom is 0.142 e. The summed E-state index contributed by atoms with van der Waals surface area (Å²) in [6.45, 7) is 1.70. The van der Waals surface area contributed by atoms with E-state index in [1.54, 1.807) is 6.92 Å². The van der Waals surface area contributed by atoms with E-state index in [2.05, 4.69) is 15.4 Å². The van der Waals surface area contributed by atoms with E-state index in [9.17, 15) is 0 Å². The summed E-state index contributed by atoms with van der Waals surface area (Å²) in [6.07, 6.45) is 0. The first kappa shape index (κ1) is 6.23. The normalized spacial score (nSPS) is 11.4. The molecule has 0 aromatic rings. The van der Waals surface area contributed by atoms with E-state index in [1.807, 2.05) is 0 Å². The molecule has 0 heterocycles. The number of nitrogens with zero attached hydrogens (tertiary/aromatic N) is 1. The number of hydrogen-bond acceptors (Lipinski definition) is 3. The van der Waals surface area contributed by atoms with Crippen molar-refractivity contribution in [1.82, 2.24) is 5.48 Å². The summed E-state index contributed by atoms with van der Waals surface area (Å²) in [6, 6.07) is 0. The van der Waals surface area contributed by atoms with Crippen LogP contribution in [0.4, 0.5) is 0 Å². The minimum Gasteiger partial charge on any atom is -0.322 e. The molecule has 0 bridgehead atoms. The number of nitrogens with one attached hydrogen (secondary N) is 1. The molecule has 0 spiro atoms. The van der Waals surface area contributed by atoms with Gasteiger partial charge in [0.05, 0.1) is 7.11 Å². The van der Waals surface area contributed by atoms with E-state index in [-0.39, 0.29) is 0 Å². The minimum atomic E-state index is 0.558. The van der Waals surface area contributed by atoms with Gasteiger partial charge in [0.15, 0.2) is 0 Å². The van der Waals surface area contributed by atoms with Gasteiger partial charge in [0.25, 0.3) is 0 Å². The van der Waals surface area contributed by atoms with Gasteiger partial charge in [0.2, 0.25) is 0 Å². The highest BCUT2D eigenvalue weighted by molar-refractivity contribution is 5.77. The average molecular weight is 103 g/mol. The number of hydrogen-bond donors (Lipinski definition) is 2.